The molecule has 158 valence electrons. The van der Waals surface area contributed by atoms with Crippen molar-refractivity contribution < 1.29 is 15.0 Å². The van der Waals surface area contributed by atoms with Crippen LogP contribution in [0.1, 0.15) is 68.3 Å². The summed E-state index contributed by atoms with van der Waals surface area (Å²) in [5.74, 6) is 0. The molecular formula is C26H32Cl2SiZr. The van der Waals surface area contributed by atoms with Crippen molar-refractivity contribution in [2.75, 3.05) is 0 Å². The van der Waals surface area contributed by atoms with Crippen molar-refractivity contribution in [3.63, 3.8) is 0 Å². The van der Waals surface area contributed by atoms with Crippen molar-refractivity contribution in [3.05, 3.63) is 80.9 Å². The molecule has 30 heavy (non-hydrogen) atoms. The minimum absolute atomic E-state index is 0.199. The molecule has 2 aliphatic rings. The number of hydrogen-bond acceptors (Lipinski definition) is 0. The van der Waals surface area contributed by atoms with Gasteiger partial charge in [0.2, 0.25) is 0 Å². The van der Waals surface area contributed by atoms with Gasteiger partial charge in [0.15, 0.2) is 0 Å². The van der Waals surface area contributed by atoms with Crippen molar-refractivity contribution in [2.45, 2.75) is 60.9 Å². The zero-order valence-electron chi connectivity index (χ0n) is 18.9. The van der Waals surface area contributed by atoms with E-state index in [1.165, 1.54) is 44.5 Å². The molecule has 0 aromatic heterocycles. The van der Waals surface area contributed by atoms with Crippen LogP contribution in [-0.2, 0) is 27.9 Å². The fourth-order valence-corrected chi connectivity index (χ4v) is 36.4. The summed E-state index contributed by atoms with van der Waals surface area (Å²) in [4.78, 5) is 0. The van der Waals surface area contributed by atoms with Crippen molar-refractivity contribution in [2.24, 2.45) is 0 Å². The van der Waals surface area contributed by atoms with E-state index in [-0.39, 0.29) is 7.25 Å². The van der Waals surface area contributed by atoms with E-state index in [1.807, 2.05) is 0 Å². The van der Waals surface area contributed by atoms with Gasteiger partial charge in [-0.3, -0.25) is 0 Å². The van der Waals surface area contributed by atoms with Gasteiger partial charge in [-0.1, -0.05) is 0 Å². The zero-order valence-corrected chi connectivity index (χ0v) is 23.9. The van der Waals surface area contributed by atoms with Crippen molar-refractivity contribution in [1.82, 2.24) is 0 Å². The monoisotopic (exact) mass is 532 g/mol. The molecule has 4 rings (SSSR count). The van der Waals surface area contributed by atoms with Crippen LogP contribution in [0.2, 0.25) is 13.1 Å². The zero-order chi connectivity index (χ0) is 21.9. The van der Waals surface area contributed by atoms with Crippen LogP contribution < -0.4 is 0 Å². The summed E-state index contributed by atoms with van der Waals surface area (Å²) in [5, 5.41) is 0. The second-order valence-corrected chi connectivity index (χ2v) is 48.1. The Morgan fingerprint density at radius 1 is 0.767 bits per heavy atom. The van der Waals surface area contributed by atoms with E-state index in [2.05, 4.69) is 89.3 Å². The molecule has 0 aliphatic heterocycles. The molecular weight excluding hydrogens is 503 g/mol. The molecule has 0 saturated heterocycles. The number of hydrogen-bond donors (Lipinski definition) is 0. The van der Waals surface area contributed by atoms with E-state index in [0.29, 0.717) is 0 Å². The summed E-state index contributed by atoms with van der Waals surface area (Å²) < 4.78 is 0.398. The van der Waals surface area contributed by atoms with Gasteiger partial charge in [0, 0.05) is 0 Å². The van der Waals surface area contributed by atoms with Crippen molar-refractivity contribution >= 4 is 34.6 Å². The van der Waals surface area contributed by atoms with Gasteiger partial charge in [-0.25, -0.2) is 0 Å². The summed E-state index contributed by atoms with van der Waals surface area (Å²) in [6, 6.07) is 13.5. The van der Waals surface area contributed by atoms with E-state index in [9.17, 15) is 0 Å². The molecule has 0 N–H and O–H groups in total. The normalized spacial score (nSPS) is 20.6. The van der Waals surface area contributed by atoms with Crippen LogP contribution in [0.15, 0.2) is 47.5 Å². The summed E-state index contributed by atoms with van der Waals surface area (Å²) in [5.41, 5.74) is 10.2. The molecule has 0 heterocycles. The van der Waals surface area contributed by atoms with Crippen LogP contribution >= 0.6 is 17.0 Å². The molecule has 0 amide bonds. The van der Waals surface area contributed by atoms with Crippen LogP contribution in [0, 0.1) is 0 Å². The Bertz CT molecular complexity index is 1090. The van der Waals surface area contributed by atoms with Gasteiger partial charge >= 0.3 is 191 Å². The van der Waals surface area contributed by atoms with Crippen molar-refractivity contribution in [3.8, 4) is 0 Å². The second kappa shape index (κ2) is 7.87. The fraction of sp³-hybridized carbons (Fsp3) is 0.385. The van der Waals surface area contributed by atoms with Crippen LogP contribution in [0.3, 0.4) is 0 Å². The van der Waals surface area contributed by atoms with Gasteiger partial charge in [0.05, 0.1) is 0 Å². The second-order valence-electron chi connectivity index (χ2n) is 9.34. The van der Waals surface area contributed by atoms with E-state index in [0.717, 1.165) is 12.8 Å². The average molecular weight is 535 g/mol. The molecule has 0 spiro atoms. The first-order valence-corrected chi connectivity index (χ1v) is 26.5. The van der Waals surface area contributed by atoms with Gasteiger partial charge in [-0.15, -0.1) is 0 Å². The molecule has 2 aliphatic carbocycles. The van der Waals surface area contributed by atoms with E-state index in [1.54, 1.807) is 0 Å². The topological polar surface area (TPSA) is 0 Å². The molecule has 0 bridgehead atoms. The minimum atomic E-state index is -4.44. The predicted octanol–water partition coefficient (Wildman–Crippen LogP) is 8.68. The fourth-order valence-electron chi connectivity index (χ4n) is 6.00. The third kappa shape index (κ3) is 3.08. The molecule has 0 fully saturated rings. The van der Waals surface area contributed by atoms with Crippen LogP contribution in [0.4, 0.5) is 0 Å². The first-order chi connectivity index (χ1) is 14.1. The summed E-state index contributed by atoms with van der Waals surface area (Å²) >= 11 is -4.44. The van der Waals surface area contributed by atoms with Gasteiger partial charge in [0.1, 0.15) is 0 Å². The first kappa shape index (κ1) is 22.8. The third-order valence-corrected chi connectivity index (χ3v) is 54.5. The van der Waals surface area contributed by atoms with Gasteiger partial charge in [-0.2, -0.15) is 0 Å². The van der Waals surface area contributed by atoms with Gasteiger partial charge in [0.25, 0.3) is 0 Å². The predicted molar refractivity (Wildman–Crippen MR) is 134 cm³/mol. The number of aryl methyl sites for hydroxylation is 2. The molecule has 0 saturated carbocycles. The number of allylic oxidation sites excluding steroid dienone is 2. The SMILES string of the molecule is CCc1cccc2c1C=C(C)[CH]2[Zr]([Cl])([Cl])([CH]1C(C)=Cc2c(CC)cccc21)=[Si](C)C. The Balaban J connectivity index is 2.04. The Morgan fingerprint density at radius 2 is 1.17 bits per heavy atom. The Kier molecular flexibility index (Phi) is 5.98. The van der Waals surface area contributed by atoms with Crippen LogP contribution in [0.25, 0.3) is 12.2 Å². The average Bonchev–Trinajstić information content (AvgIpc) is 3.23. The maximum absolute atomic E-state index is 8.12. The van der Waals surface area contributed by atoms with E-state index < -0.39 is 20.4 Å². The molecule has 2 atom stereocenters. The summed E-state index contributed by atoms with van der Waals surface area (Å²) in [6.45, 7) is 13.8. The number of benzene rings is 2. The number of halogens is 2. The number of fused-ring (bicyclic) bond motifs is 2. The maximum atomic E-state index is 8.12. The molecule has 2 aromatic rings. The summed E-state index contributed by atoms with van der Waals surface area (Å²) in [7, 11) is 16.2. The van der Waals surface area contributed by atoms with E-state index in [4.69, 9.17) is 17.0 Å². The van der Waals surface area contributed by atoms with Gasteiger partial charge in [-0.05, 0) is 0 Å². The molecule has 0 nitrogen and oxygen atoms in total. The summed E-state index contributed by atoms with van der Waals surface area (Å²) in [6.07, 6.45) is 6.85. The Labute approximate surface area is 190 Å². The van der Waals surface area contributed by atoms with Crippen LogP contribution in [0.5, 0.6) is 0 Å². The molecule has 2 aromatic carbocycles. The number of rotatable bonds is 4. The quantitative estimate of drug-likeness (QED) is 0.344. The Morgan fingerprint density at radius 3 is 1.50 bits per heavy atom. The van der Waals surface area contributed by atoms with Gasteiger partial charge < -0.3 is 0 Å². The molecule has 2 unspecified atom stereocenters. The first-order valence-electron chi connectivity index (χ1n) is 11.1. The Hall–Kier alpha value is -0.400. The molecule has 0 radical (unpaired) electrons. The van der Waals surface area contributed by atoms with E-state index >= 15 is 0 Å². The molecule has 4 heteroatoms. The van der Waals surface area contributed by atoms with Crippen LogP contribution in [-0.4, -0.2) is 5.43 Å². The van der Waals surface area contributed by atoms with Crippen molar-refractivity contribution in [1.29, 1.82) is 0 Å². The standard InChI is InChI=1S/2C12H13.C2H6Si.2ClH.Zr/c2*1-3-10-5-4-6-11-7-9(2)8-12(10)11;1-3-2;;;/h2*4-8H,3H2,1-2H3;1-2H3;2*1H;/q;;;;;+2/p-2. The third-order valence-electron chi connectivity index (χ3n) is 7.51.